The molecule has 11 heteroatoms. The van der Waals surface area contributed by atoms with Gasteiger partial charge in [-0.15, -0.1) is 0 Å². The number of rotatable bonds is 6. The van der Waals surface area contributed by atoms with Crippen LogP contribution in [0.4, 0.5) is 14.9 Å². The third kappa shape index (κ3) is 4.15. The van der Waals surface area contributed by atoms with E-state index in [-0.39, 0.29) is 6.04 Å². The number of nitrogens with zero attached hydrogens (tertiary/aromatic N) is 3. The fourth-order valence-corrected chi connectivity index (χ4v) is 5.01. The Morgan fingerprint density at radius 2 is 2.06 bits per heavy atom. The van der Waals surface area contributed by atoms with E-state index in [0.29, 0.717) is 17.1 Å². The van der Waals surface area contributed by atoms with E-state index >= 15 is 0 Å². The topological polar surface area (TPSA) is 115 Å². The quantitative estimate of drug-likeness (QED) is 0.569. The molecule has 2 amide bonds. The van der Waals surface area contributed by atoms with Crippen LogP contribution in [0.15, 0.2) is 41.7 Å². The number of urea groups is 1. The molecule has 2 aliphatic rings. The fourth-order valence-electron chi connectivity index (χ4n) is 4.11. The zero-order valence-electron chi connectivity index (χ0n) is 17.8. The van der Waals surface area contributed by atoms with Gasteiger partial charge in [-0.1, -0.05) is 12.1 Å². The van der Waals surface area contributed by atoms with Crippen molar-refractivity contribution in [3.63, 3.8) is 0 Å². The van der Waals surface area contributed by atoms with Crippen LogP contribution >= 0.6 is 0 Å². The third-order valence-electron chi connectivity index (χ3n) is 5.84. The highest BCUT2D eigenvalue weighted by Gasteiger charge is 2.31. The zero-order valence-corrected chi connectivity index (χ0v) is 18.7. The van der Waals surface area contributed by atoms with E-state index in [1.165, 1.54) is 11.8 Å². The number of anilines is 1. The van der Waals surface area contributed by atoms with E-state index in [9.17, 15) is 17.6 Å². The standard InChI is InChI=1S/C22H22FN5O4S/c1-32-19-11-14(9-10-24-19)17-8-5-13-3-2-4-16(13)20(17)25-22(29)27-33(30,31)21-18(23)12-28(26-21)15-6-7-15/h5,8-12,15H,2-4,6-7H2,1H3,(H2,25,27,29). The molecule has 0 unspecified atom stereocenters. The number of benzene rings is 1. The van der Waals surface area contributed by atoms with Gasteiger partial charge in [0.1, 0.15) is 0 Å². The van der Waals surface area contributed by atoms with Crippen LogP contribution in [-0.4, -0.2) is 36.3 Å². The van der Waals surface area contributed by atoms with Crippen LogP contribution in [0.25, 0.3) is 11.1 Å². The molecule has 2 N–H and O–H groups in total. The predicted molar refractivity (Wildman–Crippen MR) is 118 cm³/mol. The van der Waals surface area contributed by atoms with Crippen LogP contribution in [0.2, 0.25) is 0 Å². The van der Waals surface area contributed by atoms with E-state index in [2.05, 4.69) is 15.4 Å². The lowest BCUT2D eigenvalue weighted by Gasteiger charge is -2.17. The number of aromatic nitrogens is 3. The van der Waals surface area contributed by atoms with E-state index in [1.807, 2.05) is 16.9 Å². The minimum Gasteiger partial charge on any atom is -0.481 e. The van der Waals surface area contributed by atoms with Crippen LogP contribution in [0.5, 0.6) is 5.88 Å². The first-order valence-corrected chi connectivity index (χ1v) is 12.1. The molecular formula is C22H22FN5O4S. The SMILES string of the molecule is COc1cc(-c2ccc3c(c2NC(=O)NS(=O)(=O)c2nn(C4CC4)cc2F)CCC3)ccn1. The highest BCUT2D eigenvalue weighted by molar-refractivity contribution is 7.90. The number of ether oxygens (including phenoxy) is 1. The minimum absolute atomic E-state index is 0.00379. The Balaban J connectivity index is 1.45. The van der Waals surface area contributed by atoms with Crippen LogP contribution in [-0.2, 0) is 22.9 Å². The van der Waals surface area contributed by atoms with Crippen molar-refractivity contribution in [2.45, 2.75) is 43.2 Å². The lowest BCUT2D eigenvalue weighted by Crippen LogP contribution is -2.35. The van der Waals surface area contributed by atoms with Crippen LogP contribution in [0, 0.1) is 5.82 Å². The second-order valence-corrected chi connectivity index (χ2v) is 9.72. The van der Waals surface area contributed by atoms with Gasteiger partial charge in [0.15, 0.2) is 5.82 Å². The van der Waals surface area contributed by atoms with Gasteiger partial charge in [-0.05, 0) is 54.9 Å². The number of amides is 2. The van der Waals surface area contributed by atoms with Gasteiger partial charge in [0.25, 0.3) is 10.0 Å². The molecule has 1 aromatic carbocycles. The van der Waals surface area contributed by atoms with E-state index in [1.54, 1.807) is 18.3 Å². The van der Waals surface area contributed by atoms with E-state index in [4.69, 9.17) is 4.74 Å². The molecule has 0 aliphatic heterocycles. The number of carbonyl (C=O) groups is 1. The van der Waals surface area contributed by atoms with Crippen molar-refractivity contribution in [2.24, 2.45) is 0 Å². The number of hydrogen-bond acceptors (Lipinski definition) is 6. The van der Waals surface area contributed by atoms with Gasteiger partial charge < -0.3 is 10.1 Å². The summed E-state index contributed by atoms with van der Waals surface area (Å²) in [5.41, 5.74) is 4.00. The highest BCUT2D eigenvalue weighted by Crippen LogP contribution is 2.38. The van der Waals surface area contributed by atoms with Crippen molar-refractivity contribution < 1.29 is 22.3 Å². The van der Waals surface area contributed by atoms with Gasteiger partial charge in [0.05, 0.1) is 25.0 Å². The highest BCUT2D eigenvalue weighted by atomic mass is 32.2. The average molecular weight is 472 g/mol. The number of fused-ring (bicyclic) bond motifs is 1. The summed E-state index contributed by atoms with van der Waals surface area (Å²) in [6.07, 6.45) is 6.81. The van der Waals surface area contributed by atoms with Gasteiger partial charge in [-0.3, -0.25) is 4.68 Å². The maximum atomic E-state index is 14.3. The lowest BCUT2D eigenvalue weighted by molar-refractivity contribution is 0.256. The Kier molecular flexibility index (Phi) is 5.28. The second-order valence-electron chi connectivity index (χ2n) is 8.12. The molecule has 0 bridgehead atoms. The number of nitrogens with one attached hydrogen (secondary N) is 2. The summed E-state index contributed by atoms with van der Waals surface area (Å²) in [7, 11) is -2.99. The fraction of sp³-hybridized carbons (Fsp3) is 0.318. The Hall–Kier alpha value is -3.47. The Bertz CT molecular complexity index is 1350. The van der Waals surface area contributed by atoms with Gasteiger partial charge in [-0.2, -0.15) is 13.5 Å². The van der Waals surface area contributed by atoms with Crippen molar-refractivity contribution in [2.75, 3.05) is 12.4 Å². The Labute approximate surface area is 190 Å². The molecule has 172 valence electrons. The zero-order chi connectivity index (χ0) is 23.2. The van der Waals surface area contributed by atoms with Crippen molar-refractivity contribution in [1.82, 2.24) is 19.5 Å². The molecule has 1 saturated carbocycles. The number of pyridine rings is 1. The minimum atomic E-state index is -4.50. The molecule has 0 saturated heterocycles. The summed E-state index contributed by atoms with van der Waals surface area (Å²) in [6, 6.07) is 6.40. The average Bonchev–Trinajstić information content (AvgIpc) is 3.38. The molecule has 0 spiro atoms. The normalized spacial score (nSPS) is 15.2. The maximum absolute atomic E-state index is 14.3. The first-order valence-electron chi connectivity index (χ1n) is 10.6. The first kappa shape index (κ1) is 21.4. The molecule has 33 heavy (non-hydrogen) atoms. The molecule has 3 aromatic rings. The monoisotopic (exact) mass is 471 g/mol. The number of halogens is 1. The Morgan fingerprint density at radius 3 is 2.82 bits per heavy atom. The number of hydrogen-bond donors (Lipinski definition) is 2. The van der Waals surface area contributed by atoms with Gasteiger partial charge in [-0.25, -0.2) is 18.9 Å². The number of carbonyl (C=O) groups excluding carboxylic acids is 1. The van der Waals surface area contributed by atoms with Gasteiger partial charge in [0.2, 0.25) is 10.9 Å². The van der Waals surface area contributed by atoms with Gasteiger partial charge >= 0.3 is 6.03 Å². The maximum Gasteiger partial charge on any atom is 0.333 e. The van der Waals surface area contributed by atoms with Crippen molar-refractivity contribution in [1.29, 1.82) is 0 Å². The molecule has 2 heterocycles. The lowest BCUT2D eigenvalue weighted by atomic mass is 9.98. The molecule has 0 radical (unpaired) electrons. The number of aryl methyl sites for hydroxylation is 1. The largest absolute Gasteiger partial charge is 0.481 e. The van der Waals surface area contributed by atoms with Crippen molar-refractivity contribution >= 4 is 21.7 Å². The predicted octanol–water partition coefficient (Wildman–Crippen LogP) is 3.43. The van der Waals surface area contributed by atoms with Crippen molar-refractivity contribution in [3.05, 3.63) is 53.6 Å². The summed E-state index contributed by atoms with van der Waals surface area (Å²) >= 11 is 0. The molecule has 5 rings (SSSR count). The van der Waals surface area contributed by atoms with Crippen LogP contribution in [0.3, 0.4) is 0 Å². The summed E-state index contributed by atoms with van der Waals surface area (Å²) in [4.78, 5) is 16.9. The van der Waals surface area contributed by atoms with Gasteiger partial charge in [0, 0.05) is 17.8 Å². The molecule has 9 nitrogen and oxygen atoms in total. The molecular weight excluding hydrogens is 449 g/mol. The van der Waals surface area contributed by atoms with Crippen molar-refractivity contribution in [3.8, 4) is 17.0 Å². The Morgan fingerprint density at radius 1 is 1.24 bits per heavy atom. The molecule has 2 aromatic heterocycles. The summed E-state index contributed by atoms with van der Waals surface area (Å²) in [6.45, 7) is 0. The molecule has 0 atom stereocenters. The number of methoxy groups -OCH3 is 1. The van der Waals surface area contributed by atoms with E-state index in [0.717, 1.165) is 55.0 Å². The molecule has 2 aliphatic carbocycles. The summed E-state index contributed by atoms with van der Waals surface area (Å²) in [5.74, 6) is -0.583. The second kappa shape index (κ2) is 8.14. The van der Waals surface area contributed by atoms with Crippen LogP contribution < -0.4 is 14.8 Å². The smallest absolute Gasteiger partial charge is 0.333 e. The van der Waals surface area contributed by atoms with E-state index < -0.39 is 26.9 Å². The van der Waals surface area contributed by atoms with Crippen LogP contribution in [0.1, 0.15) is 36.4 Å². The number of sulfonamides is 1. The first-order chi connectivity index (χ1) is 15.9. The summed E-state index contributed by atoms with van der Waals surface area (Å²) < 4.78 is 48.0. The molecule has 1 fully saturated rings. The third-order valence-corrected chi connectivity index (χ3v) is 7.08. The summed E-state index contributed by atoms with van der Waals surface area (Å²) in [5, 5.41) is 5.73.